The summed E-state index contributed by atoms with van der Waals surface area (Å²) >= 11 is 7.04. The van der Waals surface area contributed by atoms with Crippen LogP contribution in [0, 0.1) is 11.3 Å². The van der Waals surface area contributed by atoms with E-state index in [1.807, 2.05) is 67.6 Å². The summed E-state index contributed by atoms with van der Waals surface area (Å²) < 4.78 is 13.7. The molecule has 5 nitrogen and oxygen atoms in total. The van der Waals surface area contributed by atoms with Crippen LogP contribution in [0.2, 0.25) is 0 Å². The molecule has 4 aromatic rings. The fourth-order valence-electron chi connectivity index (χ4n) is 3.21. The van der Waals surface area contributed by atoms with E-state index < -0.39 is 0 Å². The van der Waals surface area contributed by atoms with Gasteiger partial charge in [0.15, 0.2) is 11.5 Å². The summed E-state index contributed by atoms with van der Waals surface area (Å²) in [7, 11) is 0. The van der Waals surface area contributed by atoms with Crippen LogP contribution in [0.3, 0.4) is 0 Å². The normalized spacial score (nSPS) is 11.4. The number of benzene rings is 3. The highest BCUT2D eigenvalue weighted by molar-refractivity contribution is 9.10. The Hall–Kier alpha value is -3.08. The van der Waals surface area contributed by atoms with Crippen molar-refractivity contribution in [3.05, 3.63) is 86.6 Å². The van der Waals surface area contributed by atoms with Crippen LogP contribution in [-0.4, -0.2) is 16.6 Å². The van der Waals surface area contributed by atoms with Gasteiger partial charge in [-0.25, -0.2) is 4.98 Å². The van der Waals surface area contributed by atoms with Gasteiger partial charge in [-0.15, -0.1) is 0 Å². The molecule has 4 rings (SSSR count). The number of halogens is 2. The molecule has 0 aliphatic rings. The summed E-state index contributed by atoms with van der Waals surface area (Å²) in [5.41, 5.74) is 3.98. The van der Waals surface area contributed by atoms with Crippen molar-refractivity contribution in [2.24, 2.45) is 0 Å². The maximum absolute atomic E-state index is 9.74. The highest BCUT2D eigenvalue weighted by Gasteiger charge is 2.14. The molecule has 7 heteroatoms. The number of para-hydroxylation sites is 2. The van der Waals surface area contributed by atoms with Crippen molar-refractivity contribution in [2.75, 3.05) is 6.61 Å². The lowest BCUT2D eigenvalue weighted by molar-refractivity contribution is 0.267. The number of H-pyrrole nitrogens is 1. The van der Waals surface area contributed by atoms with Gasteiger partial charge in [-0.3, -0.25) is 0 Å². The third-order valence-corrected chi connectivity index (χ3v) is 5.82. The van der Waals surface area contributed by atoms with E-state index in [2.05, 4.69) is 47.9 Å². The average molecular weight is 553 g/mol. The van der Waals surface area contributed by atoms with Gasteiger partial charge in [0.05, 0.1) is 27.7 Å². The van der Waals surface area contributed by atoms with Crippen LogP contribution in [0.1, 0.15) is 23.9 Å². The maximum atomic E-state index is 9.74. The topological polar surface area (TPSA) is 70.9 Å². The smallest absolute Gasteiger partial charge is 0.175 e. The van der Waals surface area contributed by atoms with Crippen LogP contribution in [0.4, 0.5) is 0 Å². The molecule has 0 atom stereocenters. The highest BCUT2D eigenvalue weighted by Crippen LogP contribution is 2.38. The number of aromatic nitrogens is 2. The first kappa shape index (κ1) is 22.1. The fourth-order valence-corrected chi connectivity index (χ4v) is 4.05. The molecule has 0 radical (unpaired) electrons. The standard InChI is InChI=1S/C25H19Br2N3O2/c1-2-31-23-13-17(11-18(14-28)25-29-21-5-3-4-6-22(21)30-25)12-20(27)24(23)32-15-16-7-9-19(26)10-8-16/h3-13H,2,15H2,1H3,(H,29,30)/b18-11-. The zero-order chi connectivity index (χ0) is 22.5. The second-order valence-corrected chi connectivity index (χ2v) is 8.72. The molecule has 0 saturated carbocycles. The maximum Gasteiger partial charge on any atom is 0.175 e. The number of fused-ring (bicyclic) bond motifs is 1. The molecule has 32 heavy (non-hydrogen) atoms. The average Bonchev–Trinajstić information content (AvgIpc) is 3.22. The third-order valence-electron chi connectivity index (χ3n) is 4.70. The van der Waals surface area contributed by atoms with Crippen molar-refractivity contribution in [3.8, 4) is 17.6 Å². The van der Waals surface area contributed by atoms with Crippen molar-refractivity contribution < 1.29 is 9.47 Å². The van der Waals surface area contributed by atoms with Crippen molar-refractivity contribution in [1.29, 1.82) is 5.26 Å². The van der Waals surface area contributed by atoms with Crippen LogP contribution < -0.4 is 9.47 Å². The zero-order valence-corrected chi connectivity index (χ0v) is 20.4. The van der Waals surface area contributed by atoms with E-state index in [0.29, 0.717) is 36.1 Å². The SMILES string of the molecule is CCOc1cc(/C=C(/C#N)c2nc3ccccc3[nH]2)cc(Br)c1OCc1ccc(Br)cc1. The lowest BCUT2D eigenvalue weighted by Crippen LogP contribution is -2.01. The molecular weight excluding hydrogens is 534 g/mol. The van der Waals surface area contributed by atoms with Gasteiger partial charge < -0.3 is 14.5 Å². The molecule has 0 bridgehead atoms. The van der Waals surface area contributed by atoms with E-state index >= 15 is 0 Å². The quantitative estimate of drug-likeness (QED) is 0.247. The molecule has 0 saturated heterocycles. The molecule has 1 N–H and O–H groups in total. The second kappa shape index (κ2) is 10.0. The number of aromatic amines is 1. The van der Waals surface area contributed by atoms with Gasteiger partial charge in [0.1, 0.15) is 18.5 Å². The molecule has 0 fully saturated rings. The summed E-state index contributed by atoms with van der Waals surface area (Å²) in [6.45, 7) is 2.82. The molecule has 0 unspecified atom stereocenters. The van der Waals surface area contributed by atoms with Crippen molar-refractivity contribution in [2.45, 2.75) is 13.5 Å². The first-order chi connectivity index (χ1) is 15.6. The minimum Gasteiger partial charge on any atom is -0.490 e. The van der Waals surface area contributed by atoms with Gasteiger partial charge in [0.2, 0.25) is 0 Å². The Morgan fingerprint density at radius 3 is 2.59 bits per heavy atom. The Labute approximate surface area is 203 Å². The summed E-state index contributed by atoms with van der Waals surface area (Å²) in [5, 5.41) is 9.74. The van der Waals surface area contributed by atoms with Gasteiger partial charge in [-0.1, -0.05) is 40.2 Å². The van der Waals surface area contributed by atoms with Crippen LogP contribution in [0.25, 0.3) is 22.7 Å². The number of rotatable bonds is 7. The number of allylic oxidation sites excluding steroid dienone is 1. The van der Waals surface area contributed by atoms with Crippen molar-refractivity contribution in [3.63, 3.8) is 0 Å². The Balaban J connectivity index is 1.65. The van der Waals surface area contributed by atoms with Gasteiger partial charge in [-0.05, 0) is 76.5 Å². The Morgan fingerprint density at radius 1 is 1.09 bits per heavy atom. The Morgan fingerprint density at radius 2 is 1.88 bits per heavy atom. The van der Waals surface area contributed by atoms with Crippen molar-refractivity contribution >= 4 is 54.5 Å². The number of nitrogens with zero attached hydrogens (tertiary/aromatic N) is 2. The Kier molecular flexibility index (Phi) is 6.93. The summed E-state index contributed by atoms with van der Waals surface area (Å²) in [6.07, 6.45) is 1.78. The van der Waals surface area contributed by atoms with Gasteiger partial charge in [0.25, 0.3) is 0 Å². The molecule has 0 spiro atoms. The molecular formula is C25H19Br2N3O2. The van der Waals surface area contributed by atoms with E-state index in [-0.39, 0.29) is 0 Å². The summed E-state index contributed by atoms with van der Waals surface area (Å²) in [5.74, 6) is 1.75. The lowest BCUT2D eigenvalue weighted by Gasteiger charge is -2.15. The number of nitrogens with one attached hydrogen (secondary N) is 1. The van der Waals surface area contributed by atoms with Gasteiger partial charge in [0, 0.05) is 4.47 Å². The Bertz CT molecular complexity index is 1290. The van der Waals surface area contributed by atoms with Gasteiger partial charge in [-0.2, -0.15) is 5.26 Å². The van der Waals surface area contributed by atoms with Crippen LogP contribution in [-0.2, 0) is 6.61 Å². The molecule has 0 amide bonds. The number of ether oxygens (including phenoxy) is 2. The largest absolute Gasteiger partial charge is 0.490 e. The molecule has 1 heterocycles. The number of nitriles is 1. The summed E-state index contributed by atoms with van der Waals surface area (Å²) in [6, 6.07) is 21.7. The summed E-state index contributed by atoms with van der Waals surface area (Å²) in [4.78, 5) is 7.73. The second-order valence-electron chi connectivity index (χ2n) is 6.95. The number of hydrogen-bond donors (Lipinski definition) is 1. The molecule has 1 aromatic heterocycles. The minimum atomic E-state index is 0.406. The monoisotopic (exact) mass is 551 g/mol. The van der Waals surface area contributed by atoms with Crippen LogP contribution in [0.5, 0.6) is 11.5 Å². The van der Waals surface area contributed by atoms with Crippen molar-refractivity contribution in [1.82, 2.24) is 9.97 Å². The predicted octanol–water partition coefficient (Wildman–Crippen LogP) is 7.13. The van der Waals surface area contributed by atoms with E-state index in [1.165, 1.54) is 0 Å². The van der Waals surface area contributed by atoms with E-state index in [9.17, 15) is 5.26 Å². The predicted molar refractivity (Wildman–Crippen MR) is 133 cm³/mol. The first-order valence-corrected chi connectivity index (χ1v) is 11.6. The van der Waals surface area contributed by atoms with Gasteiger partial charge >= 0.3 is 0 Å². The van der Waals surface area contributed by atoms with E-state index in [1.54, 1.807) is 6.08 Å². The molecule has 3 aromatic carbocycles. The highest BCUT2D eigenvalue weighted by atomic mass is 79.9. The molecule has 0 aliphatic heterocycles. The third kappa shape index (κ3) is 5.04. The minimum absolute atomic E-state index is 0.406. The lowest BCUT2D eigenvalue weighted by atomic mass is 10.1. The molecule has 0 aliphatic carbocycles. The van der Waals surface area contributed by atoms with Crippen LogP contribution in [0.15, 0.2) is 69.6 Å². The van der Waals surface area contributed by atoms with E-state index in [4.69, 9.17) is 9.47 Å². The van der Waals surface area contributed by atoms with Crippen LogP contribution >= 0.6 is 31.9 Å². The molecule has 160 valence electrons. The fraction of sp³-hybridized carbons (Fsp3) is 0.120. The number of hydrogen-bond acceptors (Lipinski definition) is 4. The first-order valence-electron chi connectivity index (χ1n) is 9.98. The number of imidazole rings is 1. The zero-order valence-electron chi connectivity index (χ0n) is 17.2. The van der Waals surface area contributed by atoms with E-state index in [0.717, 1.165) is 31.1 Å².